The number of benzene rings is 1. The van der Waals surface area contributed by atoms with Crippen molar-refractivity contribution in [3.63, 3.8) is 0 Å². The first-order chi connectivity index (χ1) is 10.9. The molecule has 4 nitrogen and oxygen atoms in total. The summed E-state index contributed by atoms with van der Waals surface area (Å²) in [5, 5.41) is 3.28. The van der Waals surface area contributed by atoms with Gasteiger partial charge in [0.2, 0.25) is 0 Å². The molecule has 1 saturated heterocycles. The standard InChI is InChI=1S/C16H21F3N2O2.2ClH/c1-3-4-14(21-9-7-20-8-10-21)13-6-5-12(11-15(13)22-2)23-16(17,18)19;;/h3,5-6,11,14,20H,1,4,7-10H2,2H3;2*1H/t14-;;/m1../s1. The van der Waals surface area contributed by atoms with Crippen LogP contribution in [0.4, 0.5) is 13.2 Å². The summed E-state index contributed by atoms with van der Waals surface area (Å²) in [4.78, 5) is 2.28. The van der Waals surface area contributed by atoms with Crippen molar-refractivity contribution in [1.82, 2.24) is 10.2 Å². The lowest BCUT2D eigenvalue weighted by molar-refractivity contribution is -0.274. The third-order valence-electron chi connectivity index (χ3n) is 3.78. The summed E-state index contributed by atoms with van der Waals surface area (Å²) in [6, 6.07) is 4.25. The Morgan fingerprint density at radius 1 is 1.28 bits per heavy atom. The van der Waals surface area contributed by atoms with E-state index in [1.54, 1.807) is 6.07 Å². The molecule has 1 heterocycles. The Bertz CT molecular complexity index is 539. The van der Waals surface area contributed by atoms with Crippen molar-refractivity contribution in [2.24, 2.45) is 0 Å². The minimum absolute atomic E-state index is 0. The molecule has 0 spiro atoms. The fourth-order valence-corrected chi connectivity index (χ4v) is 2.79. The van der Waals surface area contributed by atoms with Crippen molar-refractivity contribution in [3.05, 3.63) is 36.4 Å². The molecular weight excluding hydrogens is 380 g/mol. The van der Waals surface area contributed by atoms with Gasteiger partial charge >= 0.3 is 6.36 Å². The van der Waals surface area contributed by atoms with Gasteiger partial charge in [-0.05, 0) is 12.5 Å². The van der Waals surface area contributed by atoms with Crippen LogP contribution >= 0.6 is 24.8 Å². The molecule has 1 fully saturated rings. The summed E-state index contributed by atoms with van der Waals surface area (Å²) in [7, 11) is 1.44. The van der Waals surface area contributed by atoms with Crippen LogP contribution in [0.3, 0.4) is 0 Å². The van der Waals surface area contributed by atoms with Gasteiger partial charge < -0.3 is 14.8 Å². The summed E-state index contributed by atoms with van der Waals surface area (Å²) >= 11 is 0. The Kier molecular flexibility index (Phi) is 10.3. The molecule has 1 aliphatic heterocycles. The zero-order chi connectivity index (χ0) is 16.9. The minimum atomic E-state index is -4.72. The van der Waals surface area contributed by atoms with E-state index in [4.69, 9.17) is 4.74 Å². The molecule has 0 amide bonds. The van der Waals surface area contributed by atoms with E-state index < -0.39 is 6.36 Å². The number of piperazine rings is 1. The van der Waals surface area contributed by atoms with E-state index in [0.29, 0.717) is 12.2 Å². The van der Waals surface area contributed by atoms with Crippen LogP contribution in [-0.2, 0) is 0 Å². The van der Waals surface area contributed by atoms with Gasteiger partial charge in [0.1, 0.15) is 11.5 Å². The molecule has 1 aromatic carbocycles. The SMILES string of the molecule is C=CC[C@H](c1ccc(OC(F)(F)F)cc1OC)N1CCNCC1.Cl.Cl. The number of nitrogens with one attached hydrogen (secondary N) is 1. The van der Waals surface area contributed by atoms with E-state index in [9.17, 15) is 13.2 Å². The van der Waals surface area contributed by atoms with E-state index in [1.807, 2.05) is 6.08 Å². The van der Waals surface area contributed by atoms with E-state index >= 15 is 0 Å². The summed E-state index contributed by atoms with van der Waals surface area (Å²) in [6.45, 7) is 7.27. The quantitative estimate of drug-likeness (QED) is 0.730. The van der Waals surface area contributed by atoms with Crippen molar-refractivity contribution < 1.29 is 22.6 Å². The number of methoxy groups -OCH3 is 1. The summed E-state index contributed by atoms with van der Waals surface area (Å²) in [6.07, 6.45) is -2.21. The molecular formula is C16H23Cl2F3N2O2. The molecule has 0 saturated carbocycles. The van der Waals surface area contributed by atoms with Gasteiger partial charge in [0.25, 0.3) is 0 Å². The lowest BCUT2D eigenvalue weighted by atomic mass is 9.99. The Balaban J connectivity index is 0.00000288. The van der Waals surface area contributed by atoms with Crippen molar-refractivity contribution in [1.29, 1.82) is 0 Å². The molecule has 25 heavy (non-hydrogen) atoms. The second-order valence-corrected chi connectivity index (χ2v) is 5.28. The van der Waals surface area contributed by atoms with Crippen LogP contribution in [0.5, 0.6) is 11.5 Å². The van der Waals surface area contributed by atoms with Crippen LogP contribution in [-0.4, -0.2) is 44.6 Å². The average Bonchev–Trinajstić information content (AvgIpc) is 2.52. The van der Waals surface area contributed by atoms with Gasteiger partial charge in [0.05, 0.1) is 7.11 Å². The van der Waals surface area contributed by atoms with Crippen LogP contribution in [0, 0.1) is 0 Å². The zero-order valence-electron chi connectivity index (χ0n) is 13.8. The van der Waals surface area contributed by atoms with Gasteiger partial charge in [-0.15, -0.1) is 44.6 Å². The second-order valence-electron chi connectivity index (χ2n) is 5.28. The van der Waals surface area contributed by atoms with Crippen molar-refractivity contribution in [2.45, 2.75) is 18.8 Å². The summed E-state index contributed by atoms with van der Waals surface area (Å²) in [5.74, 6) is 0.105. The fraction of sp³-hybridized carbons (Fsp3) is 0.500. The molecule has 1 atom stereocenters. The van der Waals surface area contributed by atoms with Gasteiger partial charge in [-0.1, -0.05) is 12.1 Å². The topological polar surface area (TPSA) is 33.7 Å². The highest BCUT2D eigenvalue weighted by Crippen LogP contribution is 2.36. The largest absolute Gasteiger partial charge is 0.573 e. The Labute approximate surface area is 158 Å². The monoisotopic (exact) mass is 402 g/mol. The molecule has 2 rings (SSSR count). The van der Waals surface area contributed by atoms with Gasteiger partial charge in [0.15, 0.2) is 0 Å². The molecule has 0 unspecified atom stereocenters. The first-order valence-corrected chi connectivity index (χ1v) is 7.44. The maximum atomic E-state index is 12.4. The van der Waals surface area contributed by atoms with E-state index in [0.717, 1.165) is 31.7 Å². The predicted octanol–water partition coefficient (Wildman–Crippen LogP) is 3.96. The normalized spacial score (nSPS) is 16.2. The van der Waals surface area contributed by atoms with Crippen LogP contribution < -0.4 is 14.8 Å². The highest BCUT2D eigenvalue weighted by molar-refractivity contribution is 5.85. The second kappa shape index (κ2) is 10.8. The molecule has 0 radical (unpaired) electrons. The number of halogens is 5. The number of ether oxygens (including phenoxy) is 2. The number of hydrogen-bond acceptors (Lipinski definition) is 4. The Morgan fingerprint density at radius 2 is 1.92 bits per heavy atom. The molecule has 1 N–H and O–H groups in total. The zero-order valence-corrected chi connectivity index (χ0v) is 15.5. The Hall–Kier alpha value is -1.15. The predicted molar refractivity (Wildman–Crippen MR) is 96.2 cm³/mol. The lowest BCUT2D eigenvalue weighted by Gasteiger charge is -2.35. The smallest absolute Gasteiger partial charge is 0.496 e. The van der Waals surface area contributed by atoms with E-state index in [-0.39, 0.29) is 36.6 Å². The van der Waals surface area contributed by atoms with Gasteiger partial charge in [-0.25, -0.2) is 0 Å². The molecule has 0 aromatic heterocycles. The lowest BCUT2D eigenvalue weighted by Crippen LogP contribution is -2.45. The average molecular weight is 403 g/mol. The van der Waals surface area contributed by atoms with Crippen molar-refractivity contribution in [2.75, 3.05) is 33.3 Å². The molecule has 1 aromatic rings. The third kappa shape index (κ3) is 6.93. The van der Waals surface area contributed by atoms with Crippen LogP contribution in [0.1, 0.15) is 18.0 Å². The molecule has 0 bridgehead atoms. The van der Waals surface area contributed by atoms with Crippen molar-refractivity contribution in [3.8, 4) is 11.5 Å². The summed E-state index contributed by atoms with van der Waals surface area (Å²) in [5.41, 5.74) is 0.837. The number of alkyl halides is 3. The van der Waals surface area contributed by atoms with Crippen LogP contribution in [0.15, 0.2) is 30.9 Å². The molecule has 9 heteroatoms. The minimum Gasteiger partial charge on any atom is -0.496 e. The maximum absolute atomic E-state index is 12.4. The molecule has 0 aliphatic carbocycles. The maximum Gasteiger partial charge on any atom is 0.573 e. The molecule has 144 valence electrons. The van der Waals surface area contributed by atoms with E-state index in [2.05, 4.69) is 21.5 Å². The summed E-state index contributed by atoms with van der Waals surface area (Å²) < 4.78 is 46.3. The van der Waals surface area contributed by atoms with Gasteiger partial charge in [-0.3, -0.25) is 4.90 Å². The first-order valence-electron chi connectivity index (χ1n) is 7.44. The highest BCUT2D eigenvalue weighted by Gasteiger charge is 2.32. The molecule has 1 aliphatic rings. The highest BCUT2D eigenvalue weighted by atomic mass is 35.5. The number of nitrogens with zero attached hydrogens (tertiary/aromatic N) is 1. The first kappa shape index (κ1) is 23.9. The number of rotatable bonds is 6. The third-order valence-corrected chi connectivity index (χ3v) is 3.78. The fourth-order valence-electron chi connectivity index (χ4n) is 2.79. The van der Waals surface area contributed by atoms with Gasteiger partial charge in [-0.2, -0.15) is 0 Å². The van der Waals surface area contributed by atoms with Gasteiger partial charge in [0, 0.05) is 43.9 Å². The van der Waals surface area contributed by atoms with Crippen molar-refractivity contribution >= 4 is 24.8 Å². The Morgan fingerprint density at radius 3 is 2.44 bits per heavy atom. The number of hydrogen-bond donors (Lipinski definition) is 1. The van der Waals surface area contributed by atoms with E-state index in [1.165, 1.54) is 19.2 Å². The van der Waals surface area contributed by atoms with Crippen LogP contribution in [0.2, 0.25) is 0 Å². The van der Waals surface area contributed by atoms with Crippen LogP contribution in [0.25, 0.3) is 0 Å².